The lowest BCUT2D eigenvalue weighted by Crippen LogP contribution is -2.31. The summed E-state index contributed by atoms with van der Waals surface area (Å²) in [5, 5.41) is 2.83. The van der Waals surface area contributed by atoms with Crippen LogP contribution in [0.4, 0.5) is 17.2 Å². The maximum absolute atomic E-state index is 12.8. The monoisotopic (exact) mass is 414 g/mol. The van der Waals surface area contributed by atoms with Gasteiger partial charge in [-0.3, -0.25) is 9.59 Å². The molecule has 2 rings (SSSR count). The summed E-state index contributed by atoms with van der Waals surface area (Å²) in [6.45, 7) is 4.89. The molecule has 0 unspecified atom stereocenters. The first-order valence-corrected chi connectivity index (χ1v) is 9.99. The first-order chi connectivity index (χ1) is 14.4. The van der Waals surface area contributed by atoms with Crippen molar-refractivity contribution in [2.45, 2.75) is 39.7 Å². The summed E-state index contributed by atoms with van der Waals surface area (Å²) in [5.41, 5.74) is 7.99. The second-order valence-corrected chi connectivity index (χ2v) is 6.80. The third-order valence-corrected chi connectivity index (χ3v) is 4.47. The van der Waals surface area contributed by atoms with Gasteiger partial charge in [-0.05, 0) is 43.2 Å². The lowest BCUT2D eigenvalue weighted by atomic mass is 10.1. The maximum atomic E-state index is 12.8. The van der Waals surface area contributed by atoms with Crippen molar-refractivity contribution in [1.29, 1.82) is 0 Å². The number of carbonyl (C=O) groups is 2. The van der Waals surface area contributed by atoms with Crippen LogP contribution in [0.5, 0.6) is 5.75 Å². The van der Waals surface area contributed by atoms with Crippen molar-refractivity contribution in [2.75, 3.05) is 36.7 Å². The molecule has 1 aromatic carbocycles. The molecule has 0 aliphatic rings. The summed E-state index contributed by atoms with van der Waals surface area (Å²) in [7, 11) is 3.08. The third-order valence-electron chi connectivity index (χ3n) is 4.47. The average molecular weight is 415 g/mol. The number of pyridine rings is 1. The van der Waals surface area contributed by atoms with Crippen LogP contribution in [0.15, 0.2) is 30.3 Å². The van der Waals surface area contributed by atoms with Gasteiger partial charge in [0.25, 0.3) is 5.91 Å². The number of anilines is 3. The molecular formula is C22H30N4O4. The summed E-state index contributed by atoms with van der Waals surface area (Å²) >= 11 is 0. The highest BCUT2D eigenvalue weighted by atomic mass is 16.5. The van der Waals surface area contributed by atoms with Gasteiger partial charge in [0.2, 0.25) is 5.91 Å². The van der Waals surface area contributed by atoms with Crippen LogP contribution in [0.1, 0.15) is 49.2 Å². The van der Waals surface area contributed by atoms with Gasteiger partial charge >= 0.3 is 0 Å². The number of nitrogen functional groups attached to an aromatic ring is 1. The topological polar surface area (TPSA) is 107 Å². The van der Waals surface area contributed by atoms with E-state index in [1.54, 1.807) is 36.3 Å². The quantitative estimate of drug-likeness (QED) is 0.615. The van der Waals surface area contributed by atoms with Crippen molar-refractivity contribution in [2.24, 2.45) is 0 Å². The van der Waals surface area contributed by atoms with Crippen molar-refractivity contribution >= 4 is 29.0 Å². The van der Waals surface area contributed by atoms with Gasteiger partial charge in [0.05, 0.1) is 30.7 Å². The van der Waals surface area contributed by atoms with E-state index in [1.165, 1.54) is 7.11 Å². The second-order valence-electron chi connectivity index (χ2n) is 6.80. The maximum Gasteiger partial charge on any atom is 0.259 e. The van der Waals surface area contributed by atoms with E-state index >= 15 is 0 Å². The highest BCUT2D eigenvalue weighted by molar-refractivity contribution is 6.08. The molecule has 2 aromatic rings. The summed E-state index contributed by atoms with van der Waals surface area (Å²) in [4.78, 5) is 31.3. The van der Waals surface area contributed by atoms with Crippen molar-refractivity contribution in [3.8, 4) is 5.75 Å². The number of aromatic nitrogens is 1. The molecule has 1 aromatic heterocycles. The molecule has 8 nitrogen and oxygen atoms in total. The van der Waals surface area contributed by atoms with Gasteiger partial charge in [-0.25, -0.2) is 4.98 Å². The number of methoxy groups -OCH3 is 2. The largest absolute Gasteiger partial charge is 0.495 e. The number of nitrogens with one attached hydrogen (secondary N) is 1. The van der Waals surface area contributed by atoms with Gasteiger partial charge < -0.3 is 25.4 Å². The van der Waals surface area contributed by atoms with Gasteiger partial charge in [-0.1, -0.05) is 13.8 Å². The number of benzene rings is 1. The molecule has 8 heteroatoms. The molecular weight excluding hydrogens is 384 g/mol. The summed E-state index contributed by atoms with van der Waals surface area (Å²) in [6, 6.07) is 8.58. The zero-order valence-corrected chi connectivity index (χ0v) is 18.0. The Morgan fingerprint density at radius 3 is 2.50 bits per heavy atom. The normalized spacial score (nSPS) is 10.5. The molecule has 3 N–H and O–H groups in total. The van der Waals surface area contributed by atoms with Gasteiger partial charge in [-0.2, -0.15) is 0 Å². The standard InChI is InChI=1S/C22H30N4O4/c1-5-7-20(27)26(12-6-2)16-9-11-19(30-4)18(13-16)25-22(28)17-10-8-15(14-29-3)24-21(17)23/h8-11,13H,5-7,12,14H2,1-4H3,(H2,23,24)(H,25,28). The molecule has 0 saturated heterocycles. The van der Waals surface area contributed by atoms with E-state index in [-0.39, 0.29) is 17.3 Å². The van der Waals surface area contributed by atoms with Gasteiger partial charge in [0.15, 0.2) is 0 Å². The number of rotatable bonds is 10. The van der Waals surface area contributed by atoms with E-state index in [0.717, 1.165) is 12.8 Å². The van der Waals surface area contributed by atoms with Gasteiger partial charge in [-0.15, -0.1) is 0 Å². The Kier molecular flexibility index (Phi) is 8.61. The fourth-order valence-corrected chi connectivity index (χ4v) is 3.06. The van der Waals surface area contributed by atoms with Crippen molar-refractivity contribution in [1.82, 2.24) is 4.98 Å². The molecule has 162 valence electrons. The van der Waals surface area contributed by atoms with Crippen LogP contribution in [0.25, 0.3) is 0 Å². The van der Waals surface area contributed by atoms with Crippen LogP contribution in [0.3, 0.4) is 0 Å². The van der Waals surface area contributed by atoms with Gasteiger partial charge in [0.1, 0.15) is 11.6 Å². The van der Waals surface area contributed by atoms with E-state index in [1.807, 2.05) is 19.9 Å². The second kappa shape index (κ2) is 11.2. The van der Waals surface area contributed by atoms with E-state index in [9.17, 15) is 9.59 Å². The molecule has 0 bridgehead atoms. The highest BCUT2D eigenvalue weighted by Gasteiger charge is 2.18. The number of nitrogens with two attached hydrogens (primary N) is 1. The Balaban J connectivity index is 2.33. The molecule has 30 heavy (non-hydrogen) atoms. The predicted octanol–water partition coefficient (Wildman–Crippen LogP) is 3.61. The fraction of sp³-hybridized carbons (Fsp3) is 0.409. The molecule has 0 aliphatic heterocycles. The molecule has 2 amide bonds. The zero-order valence-electron chi connectivity index (χ0n) is 18.0. The van der Waals surface area contributed by atoms with Crippen molar-refractivity contribution in [3.05, 3.63) is 41.6 Å². The third kappa shape index (κ3) is 5.70. The summed E-state index contributed by atoms with van der Waals surface area (Å²) < 4.78 is 10.4. The van der Waals surface area contributed by atoms with Crippen LogP contribution in [0.2, 0.25) is 0 Å². The summed E-state index contributed by atoms with van der Waals surface area (Å²) in [6.07, 6.45) is 2.05. The molecule has 0 spiro atoms. The van der Waals surface area contributed by atoms with E-state index in [0.29, 0.717) is 42.4 Å². The number of ether oxygens (including phenoxy) is 2. The Morgan fingerprint density at radius 2 is 1.90 bits per heavy atom. The average Bonchev–Trinajstić information content (AvgIpc) is 2.72. The number of hydrogen-bond donors (Lipinski definition) is 2. The first kappa shape index (κ1) is 23.2. The number of carbonyl (C=O) groups excluding carboxylic acids is 2. The van der Waals surface area contributed by atoms with Crippen LogP contribution in [0, 0.1) is 0 Å². The van der Waals surface area contributed by atoms with Crippen LogP contribution >= 0.6 is 0 Å². The van der Waals surface area contributed by atoms with Crippen molar-refractivity contribution < 1.29 is 19.1 Å². The van der Waals surface area contributed by atoms with Gasteiger partial charge in [0, 0.05) is 25.8 Å². The SMILES string of the molecule is CCCC(=O)N(CCC)c1ccc(OC)c(NC(=O)c2ccc(COC)nc2N)c1. The fourth-order valence-electron chi connectivity index (χ4n) is 3.06. The molecule has 0 atom stereocenters. The van der Waals surface area contributed by atoms with Crippen LogP contribution in [-0.2, 0) is 16.1 Å². The Hall–Kier alpha value is -3.13. The van der Waals surface area contributed by atoms with Crippen molar-refractivity contribution in [3.63, 3.8) is 0 Å². The molecule has 1 heterocycles. The number of nitrogens with zero attached hydrogens (tertiary/aromatic N) is 2. The minimum atomic E-state index is -0.415. The number of amides is 2. The number of hydrogen-bond acceptors (Lipinski definition) is 6. The summed E-state index contributed by atoms with van der Waals surface area (Å²) in [5.74, 6) is 0.224. The predicted molar refractivity (Wildman–Crippen MR) is 118 cm³/mol. The smallest absolute Gasteiger partial charge is 0.259 e. The molecule has 0 aliphatic carbocycles. The Labute approximate surface area is 177 Å². The minimum absolute atomic E-state index is 0.0453. The zero-order chi connectivity index (χ0) is 22.1. The van der Waals surface area contributed by atoms with E-state index < -0.39 is 5.91 Å². The lowest BCUT2D eigenvalue weighted by Gasteiger charge is -2.23. The Bertz CT molecular complexity index is 885. The van der Waals surface area contributed by atoms with E-state index in [2.05, 4.69) is 10.3 Å². The van der Waals surface area contributed by atoms with Crippen LogP contribution < -0.4 is 20.7 Å². The lowest BCUT2D eigenvalue weighted by molar-refractivity contribution is -0.118. The molecule has 0 radical (unpaired) electrons. The van der Waals surface area contributed by atoms with E-state index in [4.69, 9.17) is 15.2 Å². The Morgan fingerprint density at radius 1 is 1.13 bits per heavy atom. The molecule has 0 fully saturated rings. The van der Waals surface area contributed by atoms with Crippen LogP contribution in [-0.4, -0.2) is 37.6 Å². The first-order valence-electron chi connectivity index (χ1n) is 9.99. The molecule has 0 saturated carbocycles. The highest BCUT2D eigenvalue weighted by Crippen LogP contribution is 2.31. The minimum Gasteiger partial charge on any atom is -0.495 e.